The Kier molecular flexibility index (Phi) is 5.29. The minimum atomic E-state index is -0.513. The van der Waals surface area contributed by atoms with Crippen molar-refractivity contribution in [2.75, 3.05) is 18.4 Å². The highest BCUT2D eigenvalue weighted by Gasteiger charge is 2.18. The summed E-state index contributed by atoms with van der Waals surface area (Å²) >= 11 is 0. The van der Waals surface area contributed by atoms with Gasteiger partial charge in [-0.25, -0.2) is 4.79 Å². The number of carbonyl (C=O) groups is 1. The molecule has 122 valence electrons. The molecule has 0 bridgehead atoms. The highest BCUT2D eigenvalue weighted by atomic mass is 16.6. The monoisotopic (exact) mass is 306 g/mol. The van der Waals surface area contributed by atoms with Crippen LogP contribution in [0.1, 0.15) is 39.2 Å². The van der Waals surface area contributed by atoms with Crippen LogP contribution in [0.3, 0.4) is 0 Å². The number of hydrogen-bond acceptors (Lipinski definition) is 4. The Morgan fingerprint density at radius 3 is 2.59 bits per heavy atom. The summed E-state index contributed by atoms with van der Waals surface area (Å²) < 4.78 is 11.3. The zero-order chi connectivity index (χ0) is 16.2. The summed E-state index contributed by atoms with van der Waals surface area (Å²) in [5.74, 6) is 0.781. The van der Waals surface area contributed by atoms with E-state index in [0.717, 1.165) is 42.9 Å². The molecule has 1 aromatic rings. The molecule has 1 aliphatic rings. The highest BCUT2D eigenvalue weighted by Crippen LogP contribution is 2.25. The second-order valence-corrected chi connectivity index (χ2v) is 6.67. The predicted molar refractivity (Wildman–Crippen MR) is 87.6 cm³/mol. The third kappa shape index (κ3) is 5.22. The molecule has 1 amide bonds. The number of anilines is 1. The van der Waals surface area contributed by atoms with Crippen LogP contribution in [0, 0.1) is 6.92 Å². The number of amides is 1. The van der Waals surface area contributed by atoms with E-state index in [0.29, 0.717) is 0 Å². The highest BCUT2D eigenvalue weighted by molar-refractivity contribution is 5.86. The van der Waals surface area contributed by atoms with Gasteiger partial charge in [-0.05, 0) is 65.3 Å². The first-order chi connectivity index (χ1) is 10.3. The Bertz CT molecular complexity index is 517. The summed E-state index contributed by atoms with van der Waals surface area (Å²) in [5, 5.41) is 6.11. The Morgan fingerprint density at radius 1 is 1.27 bits per heavy atom. The van der Waals surface area contributed by atoms with Crippen LogP contribution in [-0.2, 0) is 4.74 Å². The first-order valence-corrected chi connectivity index (χ1v) is 7.81. The molecule has 1 heterocycles. The molecule has 0 unspecified atom stereocenters. The van der Waals surface area contributed by atoms with Crippen LogP contribution in [0.5, 0.6) is 5.75 Å². The van der Waals surface area contributed by atoms with Gasteiger partial charge in [-0.3, -0.25) is 5.32 Å². The van der Waals surface area contributed by atoms with Crippen LogP contribution in [0.15, 0.2) is 18.2 Å². The number of nitrogens with one attached hydrogen (secondary N) is 2. The van der Waals surface area contributed by atoms with Crippen LogP contribution in [0.25, 0.3) is 0 Å². The standard InChI is InChI=1S/C17H26N2O3/c1-12-5-6-14(21-13-7-9-18-10-8-13)11-15(12)19-16(20)22-17(2,3)4/h5-6,11,13,18H,7-10H2,1-4H3,(H,19,20). The van der Waals surface area contributed by atoms with E-state index in [-0.39, 0.29) is 6.10 Å². The number of ether oxygens (including phenoxy) is 2. The van der Waals surface area contributed by atoms with Crippen molar-refractivity contribution < 1.29 is 14.3 Å². The Hall–Kier alpha value is -1.75. The quantitative estimate of drug-likeness (QED) is 0.897. The van der Waals surface area contributed by atoms with Gasteiger partial charge in [0, 0.05) is 6.07 Å². The molecule has 0 saturated carbocycles. The van der Waals surface area contributed by atoms with Crippen molar-refractivity contribution in [2.24, 2.45) is 0 Å². The summed E-state index contributed by atoms with van der Waals surface area (Å²) in [6.45, 7) is 9.45. The van der Waals surface area contributed by atoms with E-state index in [1.165, 1.54) is 0 Å². The van der Waals surface area contributed by atoms with E-state index in [9.17, 15) is 4.79 Å². The molecule has 0 aromatic heterocycles. The van der Waals surface area contributed by atoms with Crippen LogP contribution < -0.4 is 15.4 Å². The molecular weight excluding hydrogens is 280 g/mol. The molecule has 0 radical (unpaired) electrons. The van der Waals surface area contributed by atoms with Gasteiger partial charge in [-0.15, -0.1) is 0 Å². The fraction of sp³-hybridized carbons (Fsp3) is 0.588. The molecule has 1 aromatic carbocycles. The lowest BCUT2D eigenvalue weighted by Crippen LogP contribution is -2.34. The minimum Gasteiger partial charge on any atom is -0.490 e. The van der Waals surface area contributed by atoms with Gasteiger partial charge in [-0.1, -0.05) is 6.07 Å². The molecule has 5 heteroatoms. The lowest BCUT2D eigenvalue weighted by molar-refractivity contribution is 0.0636. The van der Waals surface area contributed by atoms with Crippen molar-refractivity contribution in [2.45, 2.75) is 52.2 Å². The van der Waals surface area contributed by atoms with E-state index in [1.807, 2.05) is 45.9 Å². The van der Waals surface area contributed by atoms with Gasteiger partial charge in [-0.2, -0.15) is 0 Å². The number of carbonyl (C=O) groups excluding carboxylic acids is 1. The molecular formula is C17H26N2O3. The van der Waals surface area contributed by atoms with Crippen LogP contribution in [-0.4, -0.2) is 30.9 Å². The summed E-state index contributed by atoms with van der Waals surface area (Å²) in [7, 11) is 0. The van der Waals surface area contributed by atoms with E-state index in [4.69, 9.17) is 9.47 Å². The summed E-state index contributed by atoms with van der Waals surface area (Å²) in [6, 6.07) is 5.75. The molecule has 1 saturated heterocycles. The number of hydrogen-bond donors (Lipinski definition) is 2. The van der Waals surface area contributed by atoms with Gasteiger partial charge in [0.15, 0.2) is 0 Å². The zero-order valence-corrected chi connectivity index (χ0v) is 13.9. The Morgan fingerprint density at radius 2 is 1.95 bits per heavy atom. The fourth-order valence-corrected chi connectivity index (χ4v) is 2.33. The average molecular weight is 306 g/mol. The van der Waals surface area contributed by atoms with E-state index in [2.05, 4.69) is 10.6 Å². The smallest absolute Gasteiger partial charge is 0.412 e. The fourth-order valence-electron chi connectivity index (χ4n) is 2.33. The summed E-state index contributed by atoms with van der Waals surface area (Å²) in [6.07, 6.45) is 1.79. The largest absolute Gasteiger partial charge is 0.490 e. The van der Waals surface area contributed by atoms with Crippen molar-refractivity contribution >= 4 is 11.8 Å². The van der Waals surface area contributed by atoms with Crippen LogP contribution in [0.4, 0.5) is 10.5 Å². The lowest BCUT2D eigenvalue weighted by Gasteiger charge is -2.24. The maximum absolute atomic E-state index is 11.9. The van der Waals surface area contributed by atoms with Gasteiger partial charge in [0.25, 0.3) is 0 Å². The molecule has 0 aliphatic carbocycles. The Labute approximate surface area is 132 Å². The minimum absolute atomic E-state index is 0.235. The van der Waals surface area contributed by atoms with E-state index >= 15 is 0 Å². The lowest BCUT2D eigenvalue weighted by atomic mass is 10.1. The van der Waals surface area contributed by atoms with Crippen LogP contribution >= 0.6 is 0 Å². The second kappa shape index (κ2) is 7.01. The SMILES string of the molecule is Cc1ccc(OC2CCNCC2)cc1NC(=O)OC(C)(C)C. The molecule has 0 atom stereocenters. The molecule has 5 nitrogen and oxygen atoms in total. The molecule has 1 fully saturated rings. The van der Waals surface area contributed by atoms with Crippen molar-refractivity contribution in [3.63, 3.8) is 0 Å². The maximum Gasteiger partial charge on any atom is 0.412 e. The zero-order valence-electron chi connectivity index (χ0n) is 13.9. The summed E-state index contributed by atoms with van der Waals surface area (Å²) in [4.78, 5) is 11.9. The molecule has 2 N–H and O–H groups in total. The van der Waals surface area contributed by atoms with Crippen molar-refractivity contribution in [1.29, 1.82) is 0 Å². The van der Waals surface area contributed by atoms with Gasteiger partial charge >= 0.3 is 6.09 Å². The molecule has 22 heavy (non-hydrogen) atoms. The van der Waals surface area contributed by atoms with Gasteiger partial charge in [0.05, 0.1) is 5.69 Å². The predicted octanol–water partition coefficient (Wildman–Crippen LogP) is 3.47. The first kappa shape index (κ1) is 16.6. The van der Waals surface area contributed by atoms with E-state index in [1.54, 1.807) is 0 Å². The third-order valence-electron chi connectivity index (χ3n) is 3.43. The normalized spacial score (nSPS) is 16.2. The topological polar surface area (TPSA) is 59.6 Å². The Balaban J connectivity index is 2.01. The van der Waals surface area contributed by atoms with Crippen molar-refractivity contribution in [1.82, 2.24) is 5.32 Å². The number of piperidine rings is 1. The van der Waals surface area contributed by atoms with Crippen molar-refractivity contribution in [3.05, 3.63) is 23.8 Å². The average Bonchev–Trinajstić information content (AvgIpc) is 2.41. The molecule has 1 aliphatic heterocycles. The third-order valence-corrected chi connectivity index (χ3v) is 3.43. The van der Waals surface area contributed by atoms with Gasteiger partial charge in [0.2, 0.25) is 0 Å². The van der Waals surface area contributed by atoms with Gasteiger partial charge in [0.1, 0.15) is 17.5 Å². The first-order valence-electron chi connectivity index (χ1n) is 7.81. The maximum atomic E-state index is 11.9. The second-order valence-electron chi connectivity index (χ2n) is 6.67. The van der Waals surface area contributed by atoms with Crippen LogP contribution in [0.2, 0.25) is 0 Å². The molecule has 2 rings (SSSR count). The number of aryl methyl sites for hydroxylation is 1. The number of rotatable bonds is 3. The van der Waals surface area contributed by atoms with Gasteiger partial charge < -0.3 is 14.8 Å². The number of benzene rings is 1. The van der Waals surface area contributed by atoms with Crippen molar-refractivity contribution in [3.8, 4) is 5.75 Å². The molecule has 0 spiro atoms. The summed E-state index contributed by atoms with van der Waals surface area (Å²) in [5.41, 5.74) is 1.19. The van der Waals surface area contributed by atoms with E-state index < -0.39 is 11.7 Å².